The van der Waals surface area contributed by atoms with Crippen LogP contribution < -0.4 is 10.4 Å². The molecule has 0 aromatic rings. The molecule has 8 heteroatoms. The van der Waals surface area contributed by atoms with Gasteiger partial charge in [0.25, 0.3) is 0 Å². The van der Waals surface area contributed by atoms with Gasteiger partial charge in [-0.1, -0.05) is 60.9 Å². The number of aliphatic carboxylic acids is 1. The third kappa shape index (κ3) is 10.8. The molecule has 5 rings (SSSR count). The molecule has 8 nitrogen and oxygen atoms in total. The van der Waals surface area contributed by atoms with E-state index < -0.39 is 11.9 Å². The van der Waals surface area contributed by atoms with Gasteiger partial charge >= 0.3 is 5.97 Å². The number of carbonyl (C=O) groups excluding carboxylic acids is 2. The molecule has 0 radical (unpaired) electrons. The number of ether oxygens (including phenoxy) is 4. The van der Waals surface area contributed by atoms with Crippen molar-refractivity contribution in [3.05, 3.63) is 60.3 Å². The van der Waals surface area contributed by atoms with Crippen LogP contribution in [-0.2, 0) is 28.5 Å². The Morgan fingerprint density at radius 3 is 1.96 bits per heavy atom. The fourth-order valence-electron chi connectivity index (χ4n) is 7.82. The van der Waals surface area contributed by atoms with Gasteiger partial charge in [-0.2, -0.15) is 0 Å². The quantitative estimate of drug-likeness (QED) is 0.107. The minimum Gasteiger partial charge on any atom is -0.545 e. The molecule has 5 aliphatic rings. The molecule has 0 bridgehead atoms. The van der Waals surface area contributed by atoms with Crippen LogP contribution in [0.1, 0.15) is 104 Å². The molecule has 6 atom stereocenters. The summed E-state index contributed by atoms with van der Waals surface area (Å²) in [5.41, 5.74) is 0.632. The lowest BCUT2D eigenvalue weighted by Crippen LogP contribution is -2.95. The topological polar surface area (TPSA) is 117 Å². The third-order valence-electron chi connectivity index (χ3n) is 10.4. The van der Waals surface area contributed by atoms with Gasteiger partial charge in [-0.25, -0.2) is 4.79 Å². The highest BCUT2D eigenvalue weighted by molar-refractivity contribution is 5.82. The lowest BCUT2D eigenvalue weighted by atomic mass is 9.68. The van der Waals surface area contributed by atoms with Crippen LogP contribution in [0.25, 0.3) is 0 Å². The van der Waals surface area contributed by atoms with Gasteiger partial charge < -0.3 is 34.2 Å². The number of carbonyl (C=O) groups is 2. The Bertz CT molecular complexity index is 1120. The second-order valence-electron chi connectivity index (χ2n) is 14.1. The van der Waals surface area contributed by atoms with Crippen molar-refractivity contribution in [3.63, 3.8) is 0 Å². The smallest absolute Gasteiger partial charge is 0.331 e. The van der Waals surface area contributed by atoms with E-state index in [9.17, 15) is 14.7 Å². The number of quaternary nitrogens is 1. The van der Waals surface area contributed by atoms with E-state index in [2.05, 4.69) is 32.2 Å². The molecule has 0 amide bonds. The Morgan fingerprint density at radius 2 is 1.43 bits per heavy atom. The highest BCUT2D eigenvalue weighted by atomic mass is 16.6. The van der Waals surface area contributed by atoms with Crippen LogP contribution in [0.4, 0.5) is 0 Å². The average Bonchev–Trinajstić information content (AvgIpc) is 3.96. The number of nitrogens with two attached hydrogens (primary N) is 1. The van der Waals surface area contributed by atoms with Crippen molar-refractivity contribution in [2.75, 3.05) is 13.7 Å². The molecule has 0 aromatic heterocycles. The molecular weight excluding hydrogens is 582 g/mol. The Balaban J connectivity index is 0.000000305. The van der Waals surface area contributed by atoms with Crippen molar-refractivity contribution < 1.29 is 39.0 Å². The van der Waals surface area contributed by atoms with Crippen LogP contribution in [-0.4, -0.2) is 67.3 Å². The van der Waals surface area contributed by atoms with E-state index in [1.807, 2.05) is 0 Å². The lowest BCUT2D eigenvalue weighted by Gasteiger charge is -2.42. The molecule has 2 heterocycles. The first kappa shape index (κ1) is 36.3. The van der Waals surface area contributed by atoms with Crippen molar-refractivity contribution in [2.45, 2.75) is 146 Å². The molecule has 3 saturated carbocycles. The first-order valence-electron chi connectivity index (χ1n) is 17.6. The van der Waals surface area contributed by atoms with Crippen LogP contribution in [0.2, 0.25) is 0 Å². The maximum Gasteiger partial charge on any atom is 0.331 e. The molecule has 3 unspecified atom stereocenters. The first-order valence-corrected chi connectivity index (χ1v) is 17.6. The predicted octanol–water partition coefficient (Wildman–Crippen LogP) is 4.80. The lowest BCUT2D eigenvalue weighted by molar-refractivity contribution is -0.725. The first-order chi connectivity index (χ1) is 22.2. The zero-order valence-electron chi connectivity index (χ0n) is 28.5. The fourth-order valence-corrected chi connectivity index (χ4v) is 7.82. The zero-order valence-corrected chi connectivity index (χ0v) is 28.5. The standard InChI is InChI=1S/C26H34O7.C12H23N/c1-18(2)13-14-20-25(3,33-20)24-23(30-4)19(15-16-26(24)17-31-26)32-22(29)12-10-8-6-5-7-9-11-21(27)28;1-3-7-11(8-4-1)13-12-9-5-2-6-10-12/h5-13,19-20,23-24H,14-17H2,1-4H3,(H,27,28);11-13H,1-10H2/b7-5+,8-6+,11-9+,12-10+;/t19-,20-,23-,24?,25?,26?;/m1./s1. The summed E-state index contributed by atoms with van der Waals surface area (Å²) in [6.45, 7) is 6.95. The number of hydrogen-bond acceptors (Lipinski definition) is 7. The maximum absolute atomic E-state index is 12.4. The number of rotatable bonds is 12. The number of epoxide rings is 2. The minimum atomic E-state index is -1.25. The van der Waals surface area contributed by atoms with Gasteiger partial charge in [-0.15, -0.1) is 0 Å². The second kappa shape index (κ2) is 17.6. The number of carboxylic acids is 1. The van der Waals surface area contributed by atoms with Gasteiger partial charge in [-0.05, 0) is 97.5 Å². The van der Waals surface area contributed by atoms with E-state index in [0.29, 0.717) is 13.0 Å². The SMILES string of the molecule is C1CCC([NH2+]C2CCCCC2)CC1.CO[C@H]1C(C2(C)O[C@@H]2CC=C(C)C)C2(CC[C@H]1OC(=O)/C=C/C=C/C=C/C=C/C(=O)[O-])CO2. The summed E-state index contributed by atoms with van der Waals surface area (Å²) < 4.78 is 23.7. The molecule has 2 aliphatic heterocycles. The summed E-state index contributed by atoms with van der Waals surface area (Å²) in [5.74, 6) is -1.71. The molecular formula is C38H57NO7. The van der Waals surface area contributed by atoms with Gasteiger partial charge in [0, 0.05) is 13.2 Å². The van der Waals surface area contributed by atoms with E-state index in [0.717, 1.165) is 31.0 Å². The summed E-state index contributed by atoms with van der Waals surface area (Å²) in [6, 6.07) is 1.99. The number of methoxy groups -OCH3 is 1. The van der Waals surface area contributed by atoms with Crippen LogP contribution in [0.5, 0.6) is 0 Å². The van der Waals surface area contributed by atoms with E-state index in [4.69, 9.17) is 18.9 Å². The highest BCUT2D eigenvalue weighted by Gasteiger charge is 2.72. The van der Waals surface area contributed by atoms with Gasteiger partial charge in [0.1, 0.15) is 23.4 Å². The fraction of sp³-hybridized carbons (Fsp3) is 0.684. The molecule has 46 heavy (non-hydrogen) atoms. The van der Waals surface area contributed by atoms with E-state index in [-0.39, 0.29) is 35.4 Å². The number of allylic oxidation sites excluding steroid dienone is 7. The summed E-state index contributed by atoms with van der Waals surface area (Å²) in [4.78, 5) is 22.7. The zero-order chi connectivity index (χ0) is 33.0. The highest BCUT2D eigenvalue weighted by Crippen LogP contribution is 2.59. The largest absolute Gasteiger partial charge is 0.545 e. The normalized spacial score (nSPS) is 33.4. The van der Waals surface area contributed by atoms with Crippen molar-refractivity contribution in [1.82, 2.24) is 0 Å². The molecule has 2 saturated heterocycles. The molecule has 0 aromatic carbocycles. The van der Waals surface area contributed by atoms with Crippen LogP contribution in [0, 0.1) is 5.92 Å². The van der Waals surface area contributed by atoms with Crippen LogP contribution in [0.3, 0.4) is 0 Å². The van der Waals surface area contributed by atoms with Gasteiger partial charge in [-0.3, -0.25) is 0 Å². The summed E-state index contributed by atoms with van der Waals surface area (Å²) in [5, 5.41) is 13.0. The maximum atomic E-state index is 12.4. The Labute approximate surface area is 276 Å². The predicted molar refractivity (Wildman–Crippen MR) is 177 cm³/mol. The Morgan fingerprint density at radius 1 is 0.870 bits per heavy atom. The number of hydrogen-bond donors (Lipinski definition) is 1. The summed E-state index contributed by atoms with van der Waals surface area (Å²) in [7, 11) is 1.65. The summed E-state index contributed by atoms with van der Waals surface area (Å²) in [6.07, 6.45) is 30.6. The number of carboxylic acid groups (broad SMARTS) is 1. The molecule has 1 spiro atoms. The van der Waals surface area contributed by atoms with E-state index >= 15 is 0 Å². The number of esters is 1. The van der Waals surface area contributed by atoms with Crippen molar-refractivity contribution in [1.29, 1.82) is 0 Å². The van der Waals surface area contributed by atoms with Crippen molar-refractivity contribution >= 4 is 11.9 Å². The van der Waals surface area contributed by atoms with Gasteiger partial charge in [0.05, 0.1) is 36.7 Å². The minimum absolute atomic E-state index is 0.0137. The molecule has 256 valence electrons. The van der Waals surface area contributed by atoms with E-state index in [1.165, 1.54) is 81.9 Å². The monoisotopic (exact) mass is 639 g/mol. The van der Waals surface area contributed by atoms with Crippen LogP contribution in [0.15, 0.2) is 60.3 Å². The Kier molecular flexibility index (Phi) is 13.9. The molecule has 5 fully saturated rings. The van der Waals surface area contributed by atoms with Crippen molar-refractivity contribution in [3.8, 4) is 0 Å². The average molecular weight is 640 g/mol. The Hall–Kier alpha value is -2.52. The summed E-state index contributed by atoms with van der Waals surface area (Å²) >= 11 is 0. The second-order valence-corrected chi connectivity index (χ2v) is 14.1. The molecule has 2 N–H and O–H groups in total. The van der Waals surface area contributed by atoms with E-state index in [1.54, 1.807) is 37.5 Å². The molecule has 3 aliphatic carbocycles. The van der Waals surface area contributed by atoms with Gasteiger partial charge in [0.2, 0.25) is 0 Å². The van der Waals surface area contributed by atoms with Gasteiger partial charge in [0.15, 0.2) is 0 Å². The van der Waals surface area contributed by atoms with Crippen LogP contribution >= 0.6 is 0 Å². The third-order valence-corrected chi connectivity index (χ3v) is 10.4. The van der Waals surface area contributed by atoms with Crippen molar-refractivity contribution in [2.24, 2.45) is 5.92 Å².